The Morgan fingerprint density at radius 2 is 2.21 bits per heavy atom. The Hall–Kier alpha value is -0.120. The molecule has 0 amide bonds. The first-order chi connectivity index (χ1) is 6.48. The lowest BCUT2D eigenvalue weighted by Gasteiger charge is -2.50. The number of nitrogens with one attached hydrogen (secondary N) is 1. The summed E-state index contributed by atoms with van der Waals surface area (Å²) in [5.41, 5.74) is 0.0345. The van der Waals surface area contributed by atoms with Crippen LogP contribution in [0.15, 0.2) is 0 Å². The van der Waals surface area contributed by atoms with Crippen LogP contribution in [0, 0.1) is 11.3 Å². The molecule has 0 aliphatic heterocycles. The van der Waals surface area contributed by atoms with Gasteiger partial charge in [0, 0.05) is 31.7 Å². The van der Waals surface area contributed by atoms with E-state index >= 15 is 0 Å². The van der Waals surface area contributed by atoms with E-state index < -0.39 is 0 Å². The minimum absolute atomic E-state index is 0.0345. The highest BCUT2D eigenvalue weighted by molar-refractivity contribution is 5.01. The molecule has 0 aromatic heterocycles. The third-order valence-electron chi connectivity index (χ3n) is 3.38. The molecule has 84 valence electrons. The first kappa shape index (κ1) is 12.0. The van der Waals surface area contributed by atoms with Crippen molar-refractivity contribution in [1.29, 1.82) is 0 Å². The fourth-order valence-electron chi connectivity index (χ4n) is 1.94. The average Bonchev–Trinajstić information content (AvgIpc) is 2.12. The van der Waals surface area contributed by atoms with Crippen LogP contribution >= 0.6 is 0 Å². The van der Waals surface area contributed by atoms with Crippen molar-refractivity contribution < 1.29 is 9.84 Å². The van der Waals surface area contributed by atoms with Crippen LogP contribution in [0.2, 0.25) is 0 Å². The van der Waals surface area contributed by atoms with Gasteiger partial charge in [0.25, 0.3) is 0 Å². The number of rotatable bonds is 5. The molecule has 0 saturated heterocycles. The van der Waals surface area contributed by atoms with Gasteiger partial charge in [-0.15, -0.1) is 0 Å². The molecule has 0 spiro atoms. The summed E-state index contributed by atoms with van der Waals surface area (Å²) in [4.78, 5) is 0. The third-order valence-corrected chi connectivity index (χ3v) is 3.38. The van der Waals surface area contributed by atoms with Crippen LogP contribution in [0.1, 0.15) is 27.2 Å². The molecule has 1 fully saturated rings. The Morgan fingerprint density at radius 1 is 1.57 bits per heavy atom. The number of ether oxygens (including phenoxy) is 1. The molecule has 3 nitrogen and oxygen atoms in total. The molecule has 0 radical (unpaired) electrons. The predicted molar refractivity (Wildman–Crippen MR) is 57.2 cm³/mol. The van der Waals surface area contributed by atoms with Crippen LogP contribution in [0.5, 0.6) is 0 Å². The van der Waals surface area contributed by atoms with Crippen molar-refractivity contribution in [3.8, 4) is 0 Å². The molecular formula is C11H23NO2. The van der Waals surface area contributed by atoms with Crippen LogP contribution in [-0.2, 0) is 4.74 Å². The molecule has 1 rings (SSSR count). The number of aliphatic hydroxyl groups excluding tert-OH is 1. The van der Waals surface area contributed by atoms with Crippen molar-refractivity contribution in [1.82, 2.24) is 5.32 Å². The van der Waals surface area contributed by atoms with Crippen molar-refractivity contribution in [2.75, 3.05) is 20.3 Å². The summed E-state index contributed by atoms with van der Waals surface area (Å²) in [6.07, 6.45) is 0.741. The zero-order chi connectivity index (χ0) is 10.8. The van der Waals surface area contributed by atoms with E-state index in [0.29, 0.717) is 12.0 Å². The molecule has 1 aliphatic carbocycles. The van der Waals surface area contributed by atoms with E-state index in [2.05, 4.69) is 26.1 Å². The van der Waals surface area contributed by atoms with Gasteiger partial charge in [0.1, 0.15) is 0 Å². The van der Waals surface area contributed by atoms with Gasteiger partial charge in [-0.3, -0.25) is 0 Å². The Bertz CT molecular complexity index is 182. The summed E-state index contributed by atoms with van der Waals surface area (Å²) in [5.74, 6) is 0.536. The molecule has 0 heterocycles. The van der Waals surface area contributed by atoms with E-state index in [1.807, 2.05) is 0 Å². The highest BCUT2D eigenvalue weighted by Crippen LogP contribution is 2.40. The molecule has 3 unspecified atom stereocenters. The highest BCUT2D eigenvalue weighted by atomic mass is 16.5. The topological polar surface area (TPSA) is 41.5 Å². The molecule has 14 heavy (non-hydrogen) atoms. The van der Waals surface area contributed by atoms with Crippen LogP contribution in [0.4, 0.5) is 0 Å². The normalized spacial score (nSPS) is 32.4. The van der Waals surface area contributed by atoms with E-state index in [-0.39, 0.29) is 11.5 Å². The van der Waals surface area contributed by atoms with Crippen molar-refractivity contribution in [2.45, 2.75) is 39.3 Å². The van der Waals surface area contributed by atoms with E-state index in [0.717, 1.165) is 19.6 Å². The van der Waals surface area contributed by atoms with E-state index in [4.69, 9.17) is 4.74 Å². The minimum atomic E-state index is -0.141. The number of methoxy groups -OCH3 is 1. The lowest BCUT2D eigenvalue weighted by atomic mass is 9.64. The van der Waals surface area contributed by atoms with Gasteiger partial charge in [-0.25, -0.2) is 0 Å². The standard InChI is InChI=1S/C11H23NO2/c1-8(7-14-4)6-12-9-5-10(13)11(9,2)3/h8-10,12-13H,5-7H2,1-4H3. The SMILES string of the molecule is COCC(C)CNC1CC(O)C1(C)C. The maximum atomic E-state index is 9.55. The molecule has 1 saturated carbocycles. The molecule has 3 heteroatoms. The summed E-state index contributed by atoms with van der Waals surface area (Å²) in [6, 6.07) is 0.455. The maximum absolute atomic E-state index is 9.55. The molecule has 0 aromatic carbocycles. The Morgan fingerprint density at radius 3 is 2.64 bits per heavy atom. The van der Waals surface area contributed by atoms with Crippen molar-refractivity contribution >= 4 is 0 Å². The number of hydrogen-bond donors (Lipinski definition) is 2. The molecule has 0 bridgehead atoms. The second kappa shape index (κ2) is 4.60. The predicted octanol–water partition coefficient (Wildman–Crippen LogP) is 1.02. The highest BCUT2D eigenvalue weighted by Gasteiger charge is 2.46. The molecule has 3 atom stereocenters. The largest absolute Gasteiger partial charge is 0.392 e. The lowest BCUT2D eigenvalue weighted by molar-refractivity contribution is -0.0736. The van der Waals surface area contributed by atoms with Crippen molar-refractivity contribution in [2.24, 2.45) is 11.3 Å². The summed E-state index contributed by atoms with van der Waals surface area (Å²) in [6.45, 7) is 8.15. The second-order valence-electron chi connectivity index (χ2n) is 5.09. The summed E-state index contributed by atoms with van der Waals surface area (Å²) in [7, 11) is 1.73. The average molecular weight is 201 g/mol. The molecule has 2 N–H and O–H groups in total. The second-order valence-corrected chi connectivity index (χ2v) is 5.09. The van der Waals surface area contributed by atoms with Crippen LogP contribution in [0.25, 0.3) is 0 Å². The first-order valence-electron chi connectivity index (χ1n) is 5.39. The Balaban J connectivity index is 2.20. The van der Waals surface area contributed by atoms with Gasteiger partial charge in [-0.2, -0.15) is 0 Å². The quantitative estimate of drug-likeness (QED) is 0.698. The molecular weight excluding hydrogens is 178 g/mol. The van der Waals surface area contributed by atoms with Gasteiger partial charge in [0.05, 0.1) is 6.10 Å². The zero-order valence-corrected chi connectivity index (χ0v) is 9.71. The minimum Gasteiger partial charge on any atom is -0.392 e. The monoisotopic (exact) mass is 201 g/mol. The van der Waals surface area contributed by atoms with Gasteiger partial charge in [-0.05, 0) is 12.3 Å². The van der Waals surface area contributed by atoms with Crippen LogP contribution in [0.3, 0.4) is 0 Å². The lowest BCUT2D eigenvalue weighted by Crippen LogP contribution is -2.60. The maximum Gasteiger partial charge on any atom is 0.0621 e. The Kier molecular flexibility index (Phi) is 3.93. The number of hydrogen-bond acceptors (Lipinski definition) is 3. The van der Waals surface area contributed by atoms with Crippen LogP contribution < -0.4 is 5.32 Å². The molecule has 1 aliphatic rings. The summed E-state index contributed by atoms with van der Waals surface area (Å²) < 4.78 is 5.07. The van der Waals surface area contributed by atoms with Gasteiger partial charge in [0.2, 0.25) is 0 Å². The van der Waals surface area contributed by atoms with Gasteiger partial charge in [0.15, 0.2) is 0 Å². The number of aliphatic hydroxyl groups is 1. The van der Waals surface area contributed by atoms with Crippen molar-refractivity contribution in [3.63, 3.8) is 0 Å². The molecule has 0 aromatic rings. The fourth-order valence-corrected chi connectivity index (χ4v) is 1.94. The van der Waals surface area contributed by atoms with Gasteiger partial charge in [-0.1, -0.05) is 20.8 Å². The van der Waals surface area contributed by atoms with Gasteiger partial charge < -0.3 is 15.2 Å². The van der Waals surface area contributed by atoms with E-state index in [9.17, 15) is 5.11 Å². The van der Waals surface area contributed by atoms with E-state index in [1.165, 1.54) is 0 Å². The Labute approximate surface area is 86.8 Å². The van der Waals surface area contributed by atoms with E-state index in [1.54, 1.807) is 7.11 Å². The van der Waals surface area contributed by atoms with Crippen LogP contribution in [-0.4, -0.2) is 37.5 Å². The first-order valence-corrected chi connectivity index (χ1v) is 5.39. The zero-order valence-electron chi connectivity index (χ0n) is 9.71. The summed E-state index contributed by atoms with van der Waals surface area (Å²) in [5, 5.41) is 13.0. The summed E-state index contributed by atoms with van der Waals surface area (Å²) >= 11 is 0. The van der Waals surface area contributed by atoms with Gasteiger partial charge >= 0.3 is 0 Å². The third kappa shape index (κ3) is 2.47. The van der Waals surface area contributed by atoms with Crippen molar-refractivity contribution in [3.05, 3.63) is 0 Å². The fraction of sp³-hybridized carbons (Fsp3) is 1.00. The smallest absolute Gasteiger partial charge is 0.0621 e.